The van der Waals surface area contributed by atoms with E-state index in [0.717, 1.165) is 11.0 Å². The molecule has 2 N–H and O–H groups in total. The van der Waals surface area contributed by atoms with Gasteiger partial charge < -0.3 is 5.73 Å². The number of nitrogens with two attached hydrogens (primary N) is 1. The van der Waals surface area contributed by atoms with Crippen molar-refractivity contribution >= 4 is 5.69 Å². The molecule has 0 unspecified atom stereocenters. The average molecular weight is 229 g/mol. The Hall–Kier alpha value is -1.59. The Morgan fingerprint density at radius 2 is 2.06 bits per heavy atom. The summed E-state index contributed by atoms with van der Waals surface area (Å²) >= 11 is 0. The first-order chi connectivity index (χ1) is 7.61. The summed E-state index contributed by atoms with van der Waals surface area (Å²) in [5.41, 5.74) is 4.57. The smallest absolute Gasteiger partial charge is 0.331 e. The van der Waals surface area contributed by atoms with Crippen LogP contribution < -0.4 is 17.0 Å². The maximum absolute atomic E-state index is 12.0. The van der Waals surface area contributed by atoms with E-state index in [4.69, 9.17) is 5.73 Å². The number of hydrogen-bond donors (Lipinski definition) is 1. The predicted octanol–water partition coefficient (Wildman–Crippen LogP) is 0.362. The van der Waals surface area contributed by atoms with Gasteiger partial charge in [0, 0.05) is 19.3 Å². The van der Waals surface area contributed by atoms with Crippen molar-refractivity contribution in [3.8, 4) is 0 Å². The van der Waals surface area contributed by atoms with E-state index < -0.39 is 17.9 Å². The van der Waals surface area contributed by atoms with E-state index in [2.05, 4.69) is 0 Å². The molecule has 0 aliphatic heterocycles. The molecule has 5 nitrogen and oxygen atoms in total. The van der Waals surface area contributed by atoms with Gasteiger partial charge in [0.1, 0.15) is 5.69 Å². The van der Waals surface area contributed by atoms with Crippen LogP contribution in [0.4, 0.5) is 10.1 Å². The van der Waals surface area contributed by atoms with E-state index in [0.29, 0.717) is 6.54 Å². The monoisotopic (exact) mass is 229 g/mol. The SMILES string of the molecule is CCCn1cc(N)c(=O)n(CCCF)c1=O. The predicted molar refractivity (Wildman–Crippen MR) is 60.3 cm³/mol. The van der Waals surface area contributed by atoms with Crippen molar-refractivity contribution in [1.29, 1.82) is 0 Å². The molecule has 0 bridgehead atoms. The molecule has 1 heterocycles. The highest BCUT2D eigenvalue weighted by Crippen LogP contribution is 1.93. The highest BCUT2D eigenvalue weighted by atomic mass is 19.1. The zero-order chi connectivity index (χ0) is 12.1. The third-order valence-electron chi connectivity index (χ3n) is 2.24. The van der Waals surface area contributed by atoms with Crippen LogP contribution in [0.15, 0.2) is 15.8 Å². The average Bonchev–Trinajstić information content (AvgIpc) is 2.26. The summed E-state index contributed by atoms with van der Waals surface area (Å²) < 4.78 is 14.4. The Labute approximate surface area is 92.3 Å². The fraction of sp³-hybridized carbons (Fsp3) is 0.600. The van der Waals surface area contributed by atoms with Crippen molar-refractivity contribution in [2.24, 2.45) is 0 Å². The second kappa shape index (κ2) is 5.48. The van der Waals surface area contributed by atoms with E-state index in [-0.39, 0.29) is 18.7 Å². The summed E-state index contributed by atoms with van der Waals surface area (Å²) in [7, 11) is 0. The highest BCUT2D eigenvalue weighted by Gasteiger charge is 2.08. The largest absolute Gasteiger partial charge is 0.393 e. The molecule has 0 aromatic carbocycles. The molecule has 1 aromatic heterocycles. The first-order valence-corrected chi connectivity index (χ1v) is 5.27. The standard InChI is InChI=1S/C10H16FN3O2/c1-2-5-13-7-8(12)9(15)14(10(13)16)6-3-4-11/h7H,2-6,12H2,1H3. The summed E-state index contributed by atoms with van der Waals surface area (Å²) in [6.45, 7) is 1.93. The van der Waals surface area contributed by atoms with Crippen molar-refractivity contribution in [3.63, 3.8) is 0 Å². The van der Waals surface area contributed by atoms with Gasteiger partial charge in [-0.1, -0.05) is 6.92 Å². The normalized spacial score (nSPS) is 10.6. The Bertz CT molecular complexity index is 464. The molecule has 0 aliphatic carbocycles. The summed E-state index contributed by atoms with van der Waals surface area (Å²) in [6, 6.07) is 0. The molecule has 6 heteroatoms. The quantitative estimate of drug-likeness (QED) is 0.792. The number of aromatic nitrogens is 2. The Balaban J connectivity index is 3.23. The molecule has 90 valence electrons. The summed E-state index contributed by atoms with van der Waals surface area (Å²) in [4.78, 5) is 23.3. The first-order valence-electron chi connectivity index (χ1n) is 5.27. The van der Waals surface area contributed by atoms with Gasteiger partial charge in [0.05, 0.1) is 6.67 Å². The van der Waals surface area contributed by atoms with Crippen molar-refractivity contribution in [2.45, 2.75) is 32.9 Å². The van der Waals surface area contributed by atoms with Crippen LogP contribution in [0.2, 0.25) is 0 Å². The Kier molecular flexibility index (Phi) is 4.28. The van der Waals surface area contributed by atoms with Crippen molar-refractivity contribution in [1.82, 2.24) is 9.13 Å². The minimum absolute atomic E-state index is 0.0203. The first kappa shape index (κ1) is 12.5. The van der Waals surface area contributed by atoms with Crippen LogP contribution in [0.3, 0.4) is 0 Å². The lowest BCUT2D eigenvalue weighted by Gasteiger charge is -2.09. The van der Waals surface area contributed by atoms with Gasteiger partial charge in [0.15, 0.2) is 0 Å². The fourth-order valence-electron chi connectivity index (χ4n) is 1.49. The lowest BCUT2D eigenvalue weighted by Crippen LogP contribution is -2.40. The molecule has 1 rings (SSSR count). The van der Waals surface area contributed by atoms with Gasteiger partial charge in [0.2, 0.25) is 0 Å². The molecule has 0 saturated heterocycles. The number of halogens is 1. The van der Waals surface area contributed by atoms with Crippen molar-refractivity contribution in [2.75, 3.05) is 12.4 Å². The van der Waals surface area contributed by atoms with Crippen LogP contribution in [-0.4, -0.2) is 15.8 Å². The maximum Gasteiger partial charge on any atom is 0.331 e. The van der Waals surface area contributed by atoms with Gasteiger partial charge in [-0.05, 0) is 12.8 Å². The minimum atomic E-state index is -0.561. The topological polar surface area (TPSA) is 70.0 Å². The number of anilines is 1. The van der Waals surface area contributed by atoms with Crippen LogP contribution >= 0.6 is 0 Å². The molecule has 0 saturated carbocycles. The van der Waals surface area contributed by atoms with E-state index >= 15 is 0 Å². The van der Waals surface area contributed by atoms with Crippen LogP contribution in [0.1, 0.15) is 19.8 Å². The molecule has 0 spiro atoms. The lowest BCUT2D eigenvalue weighted by atomic mass is 10.4. The second-order valence-electron chi connectivity index (χ2n) is 3.56. The van der Waals surface area contributed by atoms with E-state index in [1.165, 1.54) is 10.8 Å². The van der Waals surface area contributed by atoms with Gasteiger partial charge in [-0.15, -0.1) is 0 Å². The molecule has 0 fully saturated rings. The number of nitrogens with zero attached hydrogens (tertiary/aromatic N) is 2. The van der Waals surface area contributed by atoms with Crippen LogP contribution in [-0.2, 0) is 13.1 Å². The maximum atomic E-state index is 12.0. The third kappa shape index (κ3) is 2.50. The molecule has 1 aromatic rings. The molecule has 0 aliphatic rings. The van der Waals surface area contributed by atoms with Gasteiger partial charge in [-0.25, -0.2) is 4.79 Å². The molecule has 0 atom stereocenters. The summed E-state index contributed by atoms with van der Waals surface area (Å²) in [6.07, 6.45) is 2.26. The molecular formula is C10H16FN3O2. The highest BCUT2D eigenvalue weighted by molar-refractivity contribution is 5.30. The molecule has 0 amide bonds. The minimum Gasteiger partial charge on any atom is -0.393 e. The number of alkyl halides is 1. The van der Waals surface area contributed by atoms with Crippen molar-refractivity contribution < 1.29 is 4.39 Å². The molecule has 16 heavy (non-hydrogen) atoms. The van der Waals surface area contributed by atoms with Gasteiger partial charge in [0.25, 0.3) is 5.56 Å². The van der Waals surface area contributed by atoms with Crippen LogP contribution in [0, 0.1) is 0 Å². The Morgan fingerprint density at radius 3 is 2.62 bits per heavy atom. The van der Waals surface area contributed by atoms with Crippen LogP contribution in [0.5, 0.6) is 0 Å². The Morgan fingerprint density at radius 1 is 1.38 bits per heavy atom. The van der Waals surface area contributed by atoms with Gasteiger partial charge in [-0.2, -0.15) is 0 Å². The molecule has 0 radical (unpaired) electrons. The van der Waals surface area contributed by atoms with Crippen LogP contribution in [0.25, 0.3) is 0 Å². The van der Waals surface area contributed by atoms with E-state index in [1.807, 2.05) is 6.92 Å². The summed E-state index contributed by atoms with van der Waals surface area (Å²) in [5, 5.41) is 0. The number of rotatable bonds is 5. The fourth-order valence-corrected chi connectivity index (χ4v) is 1.49. The number of hydrogen-bond acceptors (Lipinski definition) is 3. The van der Waals surface area contributed by atoms with Crippen molar-refractivity contribution in [3.05, 3.63) is 27.0 Å². The zero-order valence-electron chi connectivity index (χ0n) is 9.28. The number of aryl methyl sites for hydroxylation is 1. The zero-order valence-corrected chi connectivity index (χ0v) is 9.28. The summed E-state index contributed by atoms with van der Waals surface area (Å²) in [5.74, 6) is 0. The van der Waals surface area contributed by atoms with Gasteiger partial charge >= 0.3 is 5.69 Å². The van der Waals surface area contributed by atoms with Gasteiger partial charge in [-0.3, -0.25) is 18.3 Å². The lowest BCUT2D eigenvalue weighted by molar-refractivity contribution is 0.431. The second-order valence-corrected chi connectivity index (χ2v) is 3.56. The van der Waals surface area contributed by atoms with E-state index in [9.17, 15) is 14.0 Å². The third-order valence-corrected chi connectivity index (χ3v) is 2.24. The molecular weight excluding hydrogens is 213 g/mol. The van der Waals surface area contributed by atoms with E-state index in [1.54, 1.807) is 0 Å². The number of nitrogen functional groups attached to an aromatic ring is 1.